The summed E-state index contributed by atoms with van der Waals surface area (Å²) in [4.78, 5) is 15.1. The van der Waals surface area contributed by atoms with E-state index in [4.69, 9.17) is 21.7 Å². The minimum absolute atomic E-state index is 0.0187. The predicted molar refractivity (Wildman–Crippen MR) is 104 cm³/mol. The molecule has 0 aromatic heterocycles. The largest absolute Gasteiger partial charge is 0.491 e. The quantitative estimate of drug-likeness (QED) is 0.785. The number of amides is 1. The number of rotatable bonds is 4. The molecule has 6 nitrogen and oxygen atoms in total. The van der Waals surface area contributed by atoms with E-state index in [9.17, 15) is 4.79 Å². The first-order chi connectivity index (χ1) is 12.5. The monoisotopic (exact) mass is 375 g/mol. The molecule has 0 spiro atoms. The second kappa shape index (κ2) is 8.05. The van der Waals surface area contributed by atoms with Crippen LogP contribution in [0.15, 0.2) is 36.5 Å². The summed E-state index contributed by atoms with van der Waals surface area (Å²) in [5.41, 5.74) is 1.51. The normalized spacial score (nSPS) is 23.4. The third-order valence-electron chi connectivity index (χ3n) is 4.47. The van der Waals surface area contributed by atoms with Crippen LogP contribution >= 0.6 is 12.2 Å². The number of ether oxygens (including phenoxy) is 2. The number of thiocarbonyl (C=S) groups is 1. The molecule has 0 bridgehead atoms. The van der Waals surface area contributed by atoms with Gasteiger partial charge in [0, 0.05) is 24.4 Å². The molecular formula is C19H25N3O3S. The standard InChI is InChI=1S/C19H25N3O3S/c1-12(2)25-15-7-5-4-6-14(15)17-16(13(3)20-19(26)21-17)18(23)22-8-10-24-11-9-22/h4-7,12,16-17H,3,8-11H2,1-2H3,(H2,20,21,26)/t16-,17+/m1/s1. The molecule has 1 aromatic rings. The van der Waals surface area contributed by atoms with Crippen LogP contribution < -0.4 is 15.4 Å². The third-order valence-corrected chi connectivity index (χ3v) is 4.69. The minimum atomic E-state index is -0.475. The van der Waals surface area contributed by atoms with E-state index in [0.29, 0.717) is 37.1 Å². The molecule has 2 aliphatic heterocycles. The number of benzene rings is 1. The van der Waals surface area contributed by atoms with Crippen molar-refractivity contribution in [2.24, 2.45) is 5.92 Å². The smallest absolute Gasteiger partial charge is 0.234 e. The summed E-state index contributed by atoms with van der Waals surface area (Å²) in [5.74, 6) is 0.291. The summed E-state index contributed by atoms with van der Waals surface area (Å²) >= 11 is 5.32. The van der Waals surface area contributed by atoms with Crippen molar-refractivity contribution in [3.8, 4) is 5.75 Å². The Hall–Kier alpha value is -2.12. The van der Waals surface area contributed by atoms with Gasteiger partial charge in [-0.2, -0.15) is 0 Å². The second-order valence-electron chi connectivity index (χ2n) is 6.72. The highest BCUT2D eigenvalue weighted by Crippen LogP contribution is 2.36. The molecule has 0 saturated carbocycles. The minimum Gasteiger partial charge on any atom is -0.491 e. The van der Waals surface area contributed by atoms with E-state index in [2.05, 4.69) is 17.2 Å². The SMILES string of the molecule is C=C1NC(=S)N[C@@H](c2ccccc2OC(C)C)[C@@H]1C(=O)N1CCOCC1. The van der Waals surface area contributed by atoms with Gasteiger partial charge in [0.15, 0.2) is 5.11 Å². The maximum atomic E-state index is 13.2. The summed E-state index contributed by atoms with van der Waals surface area (Å²) in [6.07, 6.45) is 0.0291. The lowest BCUT2D eigenvalue weighted by atomic mass is 9.87. The predicted octanol–water partition coefficient (Wildman–Crippen LogP) is 1.98. The number of nitrogens with one attached hydrogen (secondary N) is 2. The first-order valence-electron chi connectivity index (χ1n) is 8.86. The summed E-state index contributed by atoms with van der Waals surface area (Å²) in [6, 6.07) is 7.42. The lowest BCUT2D eigenvalue weighted by Crippen LogP contribution is -2.55. The topological polar surface area (TPSA) is 62.8 Å². The van der Waals surface area contributed by atoms with Crippen molar-refractivity contribution < 1.29 is 14.3 Å². The van der Waals surface area contributed by atoms with E-state index < -0.39 is 5.92 Å². The second-order valence-corrected chi connectivity index (χ2v) is 7.13. The van der Waals surface area contributed by atoms with Crippen LogP contribution in [0.5, 0.6) is 5.75 Å². The van der Waals surface area contributed by atoms with Gasteiger partial charge in [0.25, 0.3) is 0 Å². The molecule has 0 radical (unpaired) electrons. The number of carbonyl (C=O) groups excluding carboxylic acids is 1. The molecule has 2 atom stereocenters. The fourth-order valence-electron chi connectivity index (χ4n) is 3.31. The molecule has 2 heterocycles. The highest BCUT2D eigenvalue weighted by Gasteiger charge is 2.40. The van der Waals surface area contributed by atoms with Crippen LogP contribution in [0.25, 0.3) is 0 Å². The maximum absolute atomic E-state index is 13.2. The molecular weight excluding hydrogens is 350 g/mol. The van der Waals surface area contributed by atoms with Gasteiger partial charge in [0.2, 0.25) is 5.91 Å². The van der Waals surface area contributed by atoms with Crippen molar-refractivity contribution in [2.75, 3.05) is 26.3 Å². The number of carbonyl (C=O) groups is 1. The van der Waals surface area contributed by atoms with Crippen LogP contribution in [0.1, 0.15) is 25.5 Å². The zero-order valence-corrected chi connectivity index (χ0v) is 16.0. The van der Waals surface area contributed by atoms with Crippen LogP contribution in [0.3, 0.4) is 0 Å². The number of morpholine rings is 1. The Bertz CT molecular complexity index is 701. The molecule has 0 unspecified atom stereocenters. The first kappa shape index (κ1) is 18.7. The van der Waals surface area contributed by atoms with Crippen LogP contribution in [-0.2, 0) is 9.53 Å². The van der Waals surface area contributed by atoms with Gasteiger partial charge in [0.1, 0.15) is 11.7 Å². The third kappa shape index (κ3) is 3.99. The van der Waals surface area contributed by atoms with Gasteiger partial charge in [-0.1, -0.05) is 24.8 Å². The average Bonchev–Trinajstić information content (AvgIpc) is 2.61. The van der Waals surface area contributed by atoms with Crippen molar-refractivity contribution in [3.63, 3.8) is 0 Å². The Morgan fingerprint density at radius 2 is 2.04 bits per heavy atom. The van der Waals surface area contributed by atoms with Crippen molar-refractivity contribution in [1.29, 1.82) is 0 Å². The molecule has 1 amide bonds. The Labute approximate surface area is 159 Å². The number of hydrogen-bond donors (Lipinski definition) is 2. The zero-order chi connectivity index (χ0) is 18.7. The van der Waals surface area contributed by atoms with E-state index in [-0.39, 0.29) is 18.1 Å². The van der Waals surface area contributed by atoms with Crippen molar-refractivity contribution in [3.05, 3.63) is 42.1 Å². The summed E-state index contributed by atoms with van der Waals surface area (Å²) in [5, 5.41) is 6.73. The van der Waals surface area contributed by atoms with Crippen LogP contribution in [-0.4, -0.2) is 48.3 Å². The van der Waals surface area contributed by atoms with Crippen molar-refractivity contribution >= 4 is 23.2 Å². The molecule has 1 aromatic carbocycles. The van der Waals surface area contributed by atoms with Gasteiger partial charge >= 0.3 is 0 Å². The van der Waals surface area contributed by atoms with Gasteiger partial charge in [-0.15, -0.1) is 0 Å². The molecule has 7 heteroatoms. The zero-order valence-electron chi connectivity index (χ0n) is 15.2. The average molecular weight is 375 g/mol. The number of para-hydroxylation sites is 1. The van der Waals surface area contributed by atoms with Gasteiger partial charge in [-0.25, -0.2) is 0 Å². The summed E-state index contributed by atoms with van der Waals surface area (Å²) in [6.45, 7) is 10.3. The van der Waals surface area contributed by atoms with E-state index in [1.807, 2.05) is 43.0 Å². The molecule has 2 saturated heterocycles. The number of nitrogens with zero attached hydrogens (tertiary/aromatic N) is 1. The Morgan fingerprint density at radius 3 is 2.73 bits per heavy atom. The van der Waals surface area contributed by atoms with E-state index >= 15 is 0 Å². The first-order valence-corrected chi connectivity index (χ1v) is 9.26. The summed E-state index contributed by atoms with van der Waals surface area (Å²) in [7, 11) is 0. The van der Waals surface area contributed by atoms with Gasteiger partial charge in [-0.3, -0.25) is 4.79 Å². The van der Waals surface area contributed by atoms with Gasteiger partial charge in [-0.05, 0) is 32.1 Å². The number of hydrogen-bond acceptors (Lipinski definition) is 4. The fraction of sp³-hybridized carbons (Fsp3) is 0.474. The highest BCUT2D eigenvalue weighted by atomic mass is 32.1. The van der Waals surface area contributed by atoms with Crippen LogP contribution in [0.4, 0.5) is 0 Å². The van der Waals surface area contributed by atoms with E-state index in [0.717, 1.165) is 11.3 Å². The molecule has 140 valence electrons. The molecule has 26 heavy (non-hydrogen) atoms. The van der Waals surface area contributed by atoms with Gasteiger partial charge in [0.05, 0.1) is 25.4 Å². The van der Waals surface area contributed by atoms with Gasteiger partial charge < -0.3 is 25.0 Å². The van der Waals surface area contributed by atoms with E-state index in [1.165, 1.54) is 0 Å². The Morgan fingerprint density at radius 1 is 1.35 bits per heavy atom. The molecule has 2 fully saturated rings. The fourth-order valence-corrected chi connectivity index (χ4v) is 3.57. The Balaban J connectivity index is 1.95. The molecule has 2 aliphatic rings. The highest BCUT2D eigenvalue weighted by molar-refractivity contribution is 7.80. The molecule has 2 N–H and O–H groups in total. The summed E-state index contributed by atoms with van der Waals surface area (Å²) < 4.78 is 11.3. The van der Waals surface area contributed by atoms with Crippen molar-refractivity contribution in [2.45, 2.75) is 26.0 Å². The molecule has 3 rings (SSSR count). The Kier molecular flexibility index (Phi) is 5.78. The maximum Gasteiger partial charge on any atom is 0.234 e. The van der Waals surface area contributed by atoms with Crippen molar-refractivity contribution in [1.82, 2.24) is 15.5 Å². The van der Waals surface area contributed by atoms with Crippen LogP contribution in [0.2, 0.25) is 0 Å². The van der Waals surface area contributed by atoms with Crippen LogP contribution in [0, 0.1) is 5.92 Å². The molecule has 0 aliphatic carbocycles. The lowest BCUT2D eigenvalue weighted by Gasteiger charge is -2.39. The van der Waals surface area contributed by atoms with E-state index in [1.54, 1.807) is 0 Å². The lowest BCUT2D eigenvalue weighted by molar-refractivity contribution is -0.139.